The summed E-state index contributed by atoms with van der Waals surface area (Å²) < 4.78 is 39.0. The fraction of sp³-hybridized carbons (Fsp3) is 0.667. The maximum absolute atomic E-state index is 12.7. The molecule has 1 rings (SSSR count). The van der Waals surface area contributed by atoms with Crippen molar-refractivity contribution in [3.63, 3.8) is 0 Å². The van der Waals surface area contributed by atoms with Gasteiger partial charge >= 0.3 is 6.18 Å². The highest BCUT2D eigenvalue weighted by molar-refractivity contribution is 5.20. The molecule has 0 amide bonds. The first-order valence-electron chi connectivity index (χ1n) is 4.68. The van der Waals surface area contributed by atoms with Crippen molar-refractivity contribution in [3.05, 3.63) is 17.5 Å². The quantitative estimate of drug-likeness (QED) is 0.848. The second-order valence-electron chi connectivity index (χ2n) is 3.80. The molecule has 6 heteroatoms. The van der Waals surface area contributed by atoms with Crippen molar-refractivity contribution < 1.29 is 13.2 Å². The number of halogens is 3. The van der Waals surface area contributed by atoms with E-state index in [2.05, 4.69) is 5.10 Å². The zero-order valence-electron chi connectivity index (χ0n) is 8.67. The summed E-state index contributed by atoms with van der Waals surface area (Å²) in [6.07, 6.45) is -3.20. The lowest BCUT2D eigenvalue weighted by Crippen LogP contribution is -2.19. The van der Waals surface area contributed by atoms with Crippen LogP contribution in [0.25, 0.3) is 0 Å². The van der Waals surface area contributed by atoms with Crippen molar-refractivity contribution in [1.82, 2.24) is 9.78 Å². The van der Waals surface area contributed by atoms with Gasteiger partial charge in [0.25, 0.3) is 0 Å². The predicted molar refractivity (Wildman–Crippen MR) is 50.0 cm³/mol. The van der Waals surface area contributed by atoms with E-state index in [1.807, 2.05) is 13.8 Å². The number of rotatable bonds is 3. The Morgan fingerprint density at radius 3 is 2.47 bits per heavy atom. The Bertz CT molecular complexity index is 328. The molecule has 0 aliphatic rings. The van der Waals surface area contributed by atoms with Crippen LogP contribution in [0.5, 0.6) is 0 Å². The first kappa shape index (κ1) is 12.0. The Kier molecular flexibility index (Phi) is 3.38. The molecular weight excluding hydrogens is 207 g/mol. The summed E-state index contributed by atoms with van der Waals surface area (Å²) in [6.45, 7) is 3.77. The summed E-state index contributed by atoms with van der Waals surface area (Å²) in [5.41, 5.74) is 4.56. The molecule has 2 N–H and O–H groups in total. The van der Waals surface area contributed by atoms with E-state index in [1.165, 1.54) is 6.20 Å². The summed E-state index contributed by atoms with van der Waals surface area (Å²) in [6, 6.07) is 0. The molecule has 0 aliphatic carbocycles. The minimum Gasteiger partial charge on any atom is -0.326 e. The van der Waals surface area contributed by atoms with Crippen LogP contribution in [0.1, 0.15) is 25.1 Å². The fourth-order valence-electron chi connectivity index (χ4n) is 1.39. The fourth-order valence-corrected chi connectivity index (χ4v) is 1.39. The van der Waals surface area contributed by atoms with Crippen molar-refractivity contribution in [2.24, 2.45) is 11.7 Å². The van der Waals surface area contributed by atoms with Gasteiger partial charge < -0.3 is 5.73 Å². The normalized spacial score (nSPS) is 12.5. The van der Waals surface area contributed by atoms with E-state index in [1.54, 1.807) is 0 Å². The molecule has 0 aliphatic heterocycles. The van der Waals surface area contributed by atoms with Crippen LogP contribution < -0.4 is 5.73 Å². The molecule has 86 valence electrons. The van der Waals surface area contributed by atoms with E-state index in [4.69, 9.17) is 5.73 Å². The average molecular weight is 221 g/mol. The lowest BCUT2D eigenvalue weighted by atomic mass is 10.2. The molecule has 0 aromatic carbocycles. The van der Waals surface area contributed by atoms with Gasteiger partial charge in [0.05, 0.1) is 6.20 Å². The molecule has 1 aromatic heterocycles. The Balaban J connectivity index is 3.12. The average Bonchev–Trinajstić information content (AvgIpc) is 2.45. The molecule has 0 fully saturated rings. The molecule has 0 saturated carbocycles. The first-order chi connectivity index (χ1) is 6.86. The maximum atomic E-state index is 12.7. The van der Waals surface area contributed by atoms with E-state index in [-0.39, 0.29) is 24.6 Å². The van der Waals surface area contributed by atoms with Gasteiger partial charge in [-0.15, -0.1) is 0 Å². The van der Waals surface area contributed by atoms with Crippen LogP contribution in [0.2, 0.25) is 0 Å². The molecule has 0 atom stereocenters. The van der Waals surface area contributed by atoms with E-state index in [0.29, 0.717) is 0 Å². The van der Waals surface area contributed by atoms with Gasteiger partial charge in [-0.25, -0.2) is 0 Å². The van der Waals surface area contributed by atoms with Gasteiger partial charge in [-0.05, 0) is 5.92 Å². The summed E-state index contributed by atoms with van der Waals surface area (Å²) in [5.74, 6) is 0.108. The monoisotopic (exact) mass is 221 g/mol. The molecule has 0 saturated heterocycles. The number of nitrogens with two attached hydrogens (primary N) is 1. The topological polar surface area (TPSA) is 43.8 Å². The molecular formula is C9H14F3N3. The number of hydrogen-bond donors (Lipinski definition) is 1. The lowest BCUT2D eigenvalue weighted by Gasteiger charge is -2.13. The number of alkyl halides is 3. The Hall–Kier alpha value is -1.04. The lowest BCUT2D eigenvalue weighted by molar-refractivity contribution is -0.145. The maximum Gasteiger partial charge on any atom is 0.433 e. The van der Waals surface area contributed by atoms with Gasteiger partial charge in [0.2, 0.25) is 0 Å². The molecule has 0 bridgehead atoms. The van der Waals surface area contributed by atoms with Crippen LogP contribution in [0.15, 0.2) is 6.20 Å². The highest BCUT2D eigenvalue weighted by Gasteiger charge is 2.37. The highest BCUT2D eigenvalue weighted by atomic mass is 19.4. The van der Waals surface area contributed by atoms with Crippen LogP contribution in [0.3, 0.4) is 0 Å². The van der Waals surface area contributed by atoms with Gasteiger partial charge in [-0.2, -0.15) is 18.3 Å². The largest absolute Gasteiger partial charge is 0.433 e. The van der Waals surface area contributed by atoms with E-state index in [0.717, 1.165) is 4.68 Å². The van der Waals surface area contributed by atoms with E-state index >= 15 is 0 Å². The Labute approximate surface area is 86.1 Å². The number of nitrogens with zero attached hydrogens (tertiary/aromatic N) is 2. The summed E-state index contributed by atoms with van der Waals surface area (Å²) in [7, 11) is 0. The molecule has 1 aromatic rings. The van der Waals surface area contributed by atoms with Crippen molar-refractivity contribution in [2.45, 2.75) is 33.1 Å². The van der Waals surface area contributed by atoms with Gasteiger partial charge in [0.15, 0.2) is 0 Å². The Morgan fingerprint density at radius 1 is 1.47 bits per heavy atom. The zero-order chi connectivity index (χ0) is 11.6. The smallest absolute Gasteiger partial charge is 0.326 e. The van der Waals surface area contributed by atoms with Crippen molar-refractivity contribution in [3.8, 4) is 0 Å². The van der Waals surface area contributed by atoms with Crippen molar-refractivity contribution in [2.75, 3.05) is 0 Å². The van der Waals surface area contributed by atoms with Gasteiger partial charge in [0.1, 0.15) is 5.69 Å². The number of hydrogen-bond acceptors (Lipinski definition) is 2. The van der Waals surface area contributed by atoms with Gasteiger partial charge in [-0.3, -0.25) is 4.68 Å². The third-order valence-electron chi connectivity index (χ3n) is 1.94. The minimum absolute atomic E-state index is 0.0446. The first-order valence-corrected chi connectivity index (χ1v) is 4.68. The second-order valence-corrected chi connectivity index (χ2v) is 3.80. The van der Waals surface area contributed by atoms with Gasteiger partial charge in [0, 0.05) is 18.7 Å². The van der Waals surface area contributed by atoms with Crippen LogP contribution in [-0.4, -0.2) is 9.78 Å². The number of aromatic nitrogens is 2. The molecule has 3 nitrogen and oxygen atoms in total. The molecule has 1 heterocycles. The highest BCUT2D eigenvalue weighted by Crippen LogP contribution is 2.32. The van der Waals surface area contributed by atoms with E-state index in [9.17, 15) is 13.2 Å². The van der Waals surface area contributed by atoms with E-state index < -0.39 is 11.9 Å². The SMILES string of the molecule is CC(C)Cn1ncc(CN)c1C(F)(F)F. The van der Waals surface area contributed by atoms with Crippen LogP contribution in [0.4, 0.5) is 13.2 Å². The van der Waals surface area contributed by atoms with Crippen LogP contribution in [0, 0.1) is 5.92 Å². The summed E-state index contributed by atoms with van der Waals surface area (Å²) >= 11 is 0. The second kappa shape index (κ2) is 4.22. The van der Waals surface area contributed by atoms with Gasteiger partial charge in [-0.1, -0.05) is 13.8 Å². The standard InChI is InChI=1S/C9H14F3N3/c1-6(2)5-15-8(9(10,11)12)7(3-13)4-14-15/h4,6H,3,5,13H2,1-2H3. The molecule has 0 spiro atoms. The molecule has 0 radical (unpaired) electrons. The Morgan fingerprint density at radius 2 is 2.07 bits per heavy atom. The van der Waals surface area contributed by atoms with Crippen molar-refractivity contribution >= 4 is 0 Å². The van der Waals surface area contributed by atoms with Crippen LogP contribution >= 0.6 is 0 Å². The summed E-state index contributed by atoms with van der Waals surface area (Å²) in [5, 5.41) is 3.71. The molecule has 15 heavy (non-hydrogen) atoms. The van der Waals surface area contributed by atoms with Crippen LogP contribution in [-0.2, 0) is 19.3 Å². The molecule has 0 unspecified atom stereocenters. The van der Waals surface area contributed by atoms with Crippen molar-refractivity contribution in [1.29, 1.82) is 0 Å². The third kappa shape index (κ3) is 2.71. The minimum atomic E-state index is -4.39. The third-order valence-corrected chi connectivity index (χ3v) is 1.94. The predicted octanol–water partition coefficient (Wildman–Crippen LogP) is 2.02. The summed E-state index contributed by atoms with van der Waals surface area (Å²) in [4.78, 5) is 0. The zero-order valence-corrected chi connectivity index (χ0v) is 8.67.